The van der Waals surface area contributed by atoms with Gasteiger partial charge in [0.15, 0.2) is 0 Å². The first-order valence-electron chi connectivity index (χ1n) is 11.3. The Kier molecular flexibility index (Phi) is 7.79. The Morgan fingerprint density at radius 3 is 2.47 bits per heavy atom. The second-order valence-electron chi connectivity index (χ2n) is 9.51. The Bertz CT molecular complexity index is 718. The molecule has 1 unspecified atom stereocenters. The smallest absolute Gasteiger partial charge is 0.245 e. The first-order chi connectivity index (χ1) is 14.1. The van der Waals surface area contributed by atoms with Crippen molar-refractivity contribution in [3.63, 3.8) is 0 Å². The van der Waals surface area contributed by atoms with Crippen LogP contribution in [0.15, 0.2) is 0 Å². The Hall–Kier alpha value is -1.19. The number of ether oxygens (including phenoxy) is 1. The van der Waals surface area contributed by atoms with Gasteiger partial charge in [-0.1, -0.05) is 13.8 Å². The number of nitrogens with one attached hydrogen (secondary N) is 2. The highest BCUT2D eigenvalue weighted by Gasteiger charge is 2.40. The van der Waals surface area contributed by atoms with Crippen LogP contribution in [-0.2, 0) is 24.3 Å². The van der Waals surface area contributed by atoms with E-state index in [-0.39, 0.29) is 30.0 Å². The molecule has 3 aliphatic rings. The molecular formula is C21H37N3O5S. The van der Waals surface area contributed by atoms with Gasteiger partial charge in [-0.2, -0.15) is 0 Å². The zero-order chi connectivity index (χ0) is 21.9. The monoisotopic (exact) mass is 443 g/mol. The first-order valence-corrected chi connectivity index (χ1v) is 13.2. The number of carbonyl (C=O) groups excluding carboxylic acids is 2. The number of carbonyl (C=O) groups is 2. The van der Waals surface area contributed by atoms with E-state index in [2.05, 4.69) is 23.9 Å². The van der Waals surface area contributed by atoms with Gasteiger partial charge in [-0.25, -0.2) is 13.1 Å². The van der Waals surface area contributed by atoms with Gasteiger partial charge in [-0.3, -0.25) is 9.59 Å². The number of sulfonamides is 1. The molecule has 1 aliphatic carbocycles. The van der Waals surface area contributed by atoms with E-state index in [0.717, 1.165) is 44.3 Å². The number of nitrogens with zero attached hydrogens (tertiary/aromatic N) is 1. The molecule has 1 saturated carbocycles. The molecule has 30 heavy (non-hydrogen) atoms. The predicted octanol–water partition coefficient (Wildman–Crippen LogP) is 1.41. The Labute approximate surface area is 180 Å². The fraction of sp³-hybridized carbons (Fsp3) is 0.905. The number of rotatable bonds is 7. The van der Waals surface area contributed by atoms with Crippen LogP contribution in [0.4, 0.5) is 0 Å². The van der Waals surface area contributed by atoms with Crippen molar-refractivity contribution in [2.75, 3.05) is 19.4 Å². The summed E-state index contributed by atoms with van der Waals surface area (Å²) in [6.07, 6.45) is 7.85. The van der Waals surface area contributed by atoms with Crippen molar-refractivity contribution < 1.29 is 22.7 Å². The van der Waals surface area contributed by atoms with E-state index < -0.39 is 16.1 Å². The Balaban J connectivity index is 1.66. The third-order valence-electron chi connectivity index (χ3n) is 6.89. The SMILES string of the molecule is CC(C)C1CCC(OC[C@H]2[C@@H](NS(C)(=O)=O)CCCN2C(=O)C2CCC(=O)N2)CC1. The molecule has 0 spiro atoms. The number of amides is 2. The molecule has 2 aliphatic heterocycles. The van der Waals surface area contributed by atoms with Gasteiger partial charge in [0.1, 0.15) is 6.04 Å². The highest BCUT2D eigenvalue weighted by Crippen LogP contribution is 2.32. The van der Waals surface area contributed by atoms with Crippen LogP contribution in [0.25, 0.3) is 0 Å². The van der Waals surface area contributed by atoms with Gasteiger partial charge in [-0.05, 0) is 56.8 Å². The highest BCUT2D eigenvalue weighted by molar-refractivity contribution is 7.88. The third kappa shape index (κ3) is 6.17. The Morgan fingerprint density at radius 2 is 1.90 bits per heavy atom. The van der Waals surface area contributed by atoms with Gasteiger partial charge >= 0.3 is 0 Å². The first kappa shape index (κ1) is 23.5. The minimum atomic E-state index is -3.41. The third-order valence-corrected chi connectivity index (χ3v) is 7.62. The average molecular weight is 444 g/mol. The summed E-state index contributed by atoms with van der Waals surface area (Å²) < 4.78 is 32.8. The summed E-state index contributed by atoms with van der Waals surface area (Å²) in [4.78, 5) is 26.4. The summed E-state index contributed by atoms with van der Waals surface area (Å²) in [5, 5.41) is 2.75. The predicted molar refractivity (Wildman–Crippen MR) is 114 cm³/mol. The minimum Gasteiger partial charge on any atom is -0.376 e. The van der Waals surface area contributed by atoms with E-state index in [4.69, 9.17) is 4.74 Å². The molecule has 0 aromatic carbocycles. The van der Waals surface area contributed by atoms with Crippen molar-refractivity contribution in [1.29, 1.82) is 0 Å². The maximum absolute atomic E-state index is 13.1. The molecule has 0 radical (unpaired) electrons. The Morgan fingerprint density at radius 1 is 1.20 bits per heavy atom. The zero-order valence-electron chi connectivity index (χ0n) is 18.4. The van der Waals surface area contributed by atoms with Crippen molar-refractivity contribution in [2.24, 2.45) is 11.8 Å². The molecule has 0 bridgehead atoms. The van der Waals surface area contributed by atoms with E-state index in [0.29, 0.717) is 38.3 Å². The van der Waals surface area contributed by atoms with Gasteiger partial charge in [0, 0.05) is 19.0 Å². The molecule has 2 heterocycles. The summed E-state index contributed by atoms with van der Waals surface area (Å²) in [6.45, 7) is 5.40. The molecule has 3 fully saturated rings. The van der Waals surface area contributed by atoms with Gasteiger partial charge in [0.05, 0.1) is 25.0 Å². The lowest BCUT2D eigenvalue weighted by atomic mass is 9.80. The highest BCUT2D eigenvalue weighted by atomic mass is 32.2. The lowest BCUT2D eigenvalue weighted by Crippen LogP contribution is -2.61. The standard InChI is InChI=1S/C21H37N3O5S/c1-14(2)15-6-8-16(9-7-15)29-13-19-17(23-30(3,27)28)5-4-12-24(19)21(26)18-10-11-20(25)22-18/h14-19,23H,4-13H2,1-3H3,(H,22,25)/t15?,16?,17-,18?,19-/m0/s1. The molecule has 9 heteroatoms. The van der Waals surface area contributed by atoms with Gasteiger partial charge in [0.25, 0.3) is 0 Å². The maximum atomic E-state index is 13.1. The van der Waals surface area contributed by atoms with Gasteiger partial charge < -0.3 is 15.0 Å². The average Bonchev–Trinajstić information content (AvgIpc) is 3.11. The summed E-state index contributed by atoms with van der Waals surface area (Å²) in [5.74, 6) is 1.19. The molecule has 3 rings (SSSR count). The van der Waals surface area contributed by atoms with Crippen molar-refractivity contribution in [2.45, 2.75) is 89.4 Å². The molecule has 8 nitrogen and oxygen atoms in total. The molecule has 0 aromatic rings. The number of likely N-dealkylation sites (tertiary alicyclic amines) is 1. The molecule has 2 amide bonds. The molecule has 2 N–H and O–H groups in total. The second-order valence-corrected chi connectivity index (χ2v) is 11.3. The molecule has 172 valence electrons. The van der Waals surface area contributed by atoms with Crippen LogP contribution in [0.5, 0.6) is 0 Å². The quantitative estimate of drug-likeness (QED) is 0.619. The largest absolute Gasteiger partial charge is 0.376 e. The van der Waals surface area contributed by atoms with Crippen LogP contribution in [0.1, 0.15) is 65.2 Å². The van der Waals surface area contributed by atoms with E-state index in [1.807, 2.05) is 0 Å². The van der Waals surface area contributed by atoms with E-state index in [9.17, 15) is 18.0 Å². The summed E-state index contributed by atoms with van der Waals surface area (Å²) in [5.41, 5.74) is 0. The number of hydrogen-bond acceptors (Lipinski definition) is 5. The van der Waals surface area contributed by atoms with E-state index in [1.165, 1.54) is 0 Å². The van der Waals surface area contributed by atoms with Crippen LogP contribution in [0, 0.1) is 11.8 Å². The number of piperidine rings is 1. The van der Waals surface area contributed by atoms with Crippen LogP contribution in [-0.4, -0.2) is 68.8 Å². The fourth-order valence-electron chi connectivity index (χ4n) is 5.11. The molecule has 0 aromatic heterocycles. The summed E-state index contributed by atoms with van der Waals surface area (Å²) in [7, 11) is -3.41. The lowest BCUT2D eigenvalue weighted by Gasteiger charge is -2.43. The van der Waals surface area contributed by atoms with Crippen LogP contribution >= 0.6 is 0 Å². The van der Waals surface area contributed by atoms with Crippen LogP contribution in [0.3, 0.4) is 0 Å². The second kappa shape index (κ2) is 9.96. The van der Waals surface area contributed by atoms with Crippen molar-refractivity contribution in [3.8, 4) is 0 Å². The topological polar surface area (TPSA) is 105 Å². The van der Waals surface area contributed by atoms with Crippen molar-refractivity contribution in [1.82, 2.24) is 14.9 Å². The van der Waals surface area contributed by atoms with E-state index >= 15 is 0 Å². The van der Waals surface area contributed by atoms with Gasteiger partial charge in [-0.15, -0.1) is 0 Å². The normalized spacial score (nSPS) is 33.0. The van der Waals surface area contributed by atoms with Crippen molar-refractivity contribution in [3.05, 3.63) is 0 Å². The lowest BCUT2D eigenvalue weighted by molar-refractivity contribution is -0.141. The van der Waals surface area contributed by atoms with Crippen LogP contribution < -0.4 is 10.0 Å². The van der Waals surface area contributed by atoms with Gasteiger partial charge in [0.2, 0.25) is 21.8 Å². The molecule has 3 atom stereocenters. The molecule has 2 saturated heterocycles. The van der Waals surface area contributed by atoms with E-state index in [1.54, 1.807) is 4.90 Å². The minimum absolute atomic E-state index is 0.106. The molecular weight excluding hydrogens is 406 g/mol. The fourth-order valence-corrected chi connectivity index (χ4v) is 5.93. The maximum Gasteiger partial charge on any atom is 0.245 e. The number of hydrogen-bond donors (Lipinski definition) is 2. The zero-order valence-corrected chi connectivity index (χ0v) is 19.2. The van der Waals surface area contributed by atoms with Crippen LogP contribution in [0.2, 0.25) is 0 Å². The summed E-state index contributed by atoms with van der Waals surface area (Å²) in [6, 6.07) is -1.25. The van der Waals surface area contributed by atoms with Crippen molar-refractivity contribution >= 4 is 21.8 Å². The summed E-state index contributed by atoms with van der Waals surface area (Å²) >= 11 is 0.